The van der Waals surface area contributed by atoms with Gasteiger partial charge in [-0.2, -0.15) is 0 Å². The third-order valence-electron chi connectivity index (χ3n) is 5.49. The fourth-order valence-corrected chi connectivity index (χ4v) is 4.46. The fraction of sp³-hybridized carbons (Fsp3) is 0.545. The molecule has 164 valence electrons. The van der Waals surface area contributed by atoms with Crippen LogP contribution in [0.5, 0.6) is 0 Å². The predicted molar refractivity (Wildman–Crippen MR) is 119 cm³/mol. The average Bonchev–Trinajstić information content (AvgIpc) is 3.19. The van der Waals surface area contributed by atoms with Gasteiger partial charge in [-0.05, 0) is 49.9 Å². The first-order valence-electron chi connectivity index (χ1n) is 10.4. The molecule has 2 heterocycles. The molecule has 0 unspecified atom stereocenters. The van der Waals surface area contributed by atoms with Crippen LogP contribution in [0.3, 0.4) is 0 Å². The van der Waals surface area contributed by atoms with E-state index in [0.29, 0.717) is 18.9 Å². The third-order valence-corrected chi connectivity index (χ3v) is 6.46. The number of aromatic nitrogens is 2. The van der Waals surface area contributed by atoms with E-state index in [4.69, 9.17) is 4.74 Å². The number of imidazole rings is 1. The van der Waals surface area contributed by atoms with Gasteiger partial charge in [-0.25, -0.2) is 4.98 Å². The first-order chi connectivity index (χ1) is 14.5. The first kappa shape index (κ1) is 22.8. The lowest BCUT2D eigenvalue weighted by Gasteiger charge is -2.33. The van der Waals surface area contributed by atoms with Crippen LogP contribution in [0.25, 0.3) is 5.69 Å². The Kier molecular flexibility index (Phi) is 8.32. The molecule has 1 atom stereocenters. The highest BCUT2D eigenvalue weighted by atomic mass is 32.2. The Hall–Kier alpha value is -1.87. The number of carbonyl (C=O) groups excluding carboxylic acids is 1. The van der Waals surface area contributed by atoms with Crippen LogP contribution in [0.15, 0.2) is 35.7 Å². The molecule has 3 rings (SSSR count). The monoisotopic (exact) mass is 432 g/mol. The topological polar surface area (TPSA) is 79.6 Å². The summed E-state index contributed by atoms with van der Waals surface area (Å²) in [5.41, 5.74) is 3.55. The van der Waals surface area contributed by atoms with Crippen molar-refractivity contribution >= 4 is 17.7 Å². The molecular weight excluding hydrogens is 400 g/mol. The summed E-state index contributed by atoms with van der Waals surface area (Å²) in [5, 5.41) is 13.8. The Morgan fingerprint density at radius 2 is 2.10 bits per heavy atom. The smallest absolute Gasteiger partial charge is 0.230 e. The van der Waals surface area contributed by atoms with Gasteiger partial charge in [0.1, 0.15) is 0 Å². The van der Waals surface area contributed by atoms with Gasteiger partial charge >= 0.3 is 0 Å². The standard InChI is InChI=1S/C22H32N4O3S/c1-16-4-5-19(12-17(16)2)26-11-8-23-22(26)30-15-21(28)24-18-6-9-25(10-7-18)13-20(27)14-29-3/h4-5,8,11-12,18,20,27H,6-7,9-10,13-15H2,1-3H3,(H,24,28)/t20-/m1/s1. The molecule has 2 N–H and O–H groups in total. The number of nitrogens with zero attached hydrogens (tertiary/aromatic N) is 3. The van der Waals surface area contributed by atoms with E-state index in [-0.39, 0.29) is 11.9 Å². The minimum absolute atomic E-state index is 0.0347. The number of amides is 1. The van der Waals surface area contributed by atoms with E-state index in [0.717, 1.165) is 36.8 Å². The van der Waals surface area contributed by atoms with Crippen LogP contribution in [-0.2, 0) is 9.53 Å². The molecule has 0 spiro atoms. The summed E-state index contributed by atoms with van der Waals surface area (Å²) in [6.07, 6.45) is 5.03. The second-order valence-corrected chi connectivity index (χ2v) is 8.83. The van der Waals surface area contributed by atoms with Gasteiger partial charge in [0.2, 0.25) is 5.91 Å². The van der Waals surface area contributed by atoms with Gasteiger partial charge in [0.05, 0.1) is 18.5 Å². The number of ether oxygens (including phenoxy) is 1. The van der Waals surface area contributed by atoms with E-state index >= 15 is 0 Å². The number of aliphatic hydroxyl groups is 1. The second kappa shape index (κ2) is 10.9. The minimum Gasteiger partial charge on any atom is -0.389 e. The summed E-state index contributed by atoms with van der Waals surface area (Å²) >= 11 is 1.45. The Balaban J connectivity index is 1.45. The van der Waals surface area contributed by atoms with Crippen LogP contribution < -0.4 is 5.32 Å². The van der Waals surface area contributed by atoms with Crippen molar-refractivity contribution in [3.63, 3.8) is 0 Å². The number of nitrogens with one attached hydrogen (secondary N) is 1. The number of likely N-dealkylation sites (tertiary alicyclic amines) is 1. The normalized spacial score (nSPS) is 16.5. The zero-order valence-electron chi connectivity index (χ0n) is 18.0. The summed E-state index contributed by atoms with van der Waals surface area (Å²) in [4.78, 5) is 19.1. The second-order valence-electron chi connectivity index (χ2n) is 7.89. The van der Waals surface area contributed by atoms with E-state index in [1.54, 1.807) is 13.3 Å². The Morgan fingerprint density at radius 3 is 2.80 bits per heavy atom. The number of β-amino-alcohol motifs (C(OH)–C–C–N with tert-alkyl or cyclic N) is 1. The number of carbonyl (C=O) groups is 1. The van der Waals surface area contributed by atoms with Gasteiger partial charge in [-0.3, -0.25) is 9.36 Å². The zero-order chi connectivity index (χ0) is 21.5. The number of thioether (sulfide) groups is 1. The molecule has 0 aliphatic carbocycles. The number of aliphatic hydroxyl groups excluding tert-OH is 1. The maximum atomic E-state index is 12.5. The van der Waals surface area contributed by atoms with Crippen LogP contribution in [0.2, 0.25) is 0 Å². The Labute approximate surface area is 182 Å². The van der Waals surface area contributed by atoms with Crippen molar-refractivity contribution in [1.82, 2.24) is 19.8 Å². The maximum absolute atomic E-state index is 12.5. The van der Waals surface area contributed by atoms with Crippen molar-refractivity contribution in [2.75, 3.05) is 39.1 Å². The van der Waals surface area contributed by atoms with Gasteiger partial charge in [0.25, 0.3) is 0 Å². The molecule has 1 amide bonds. The lowest BCUT2D eigenvalue weighted by Crippen LogP contribution is -2.47. The first-order valence-corrected chi connectivity index (χ1v) is 11.4. The fourth-order valence-electron chi connectivity index (χ4n) is 3.67. The molecule has 0 saturated carbocycles. The highest BCUT2D eigenvalue weighted by molar-refractivity contribution is 7.99. The molecule has 1 aliphatic heterocycles. The van der Waals surface area contributed by atoms with Gasteiger partial charge in [0, 0.05) is 50.9 Å². The van der Waals surface area contributed by atoms with Crippen molar-refractivity contribution in [3.05, 3.63) is 41.7 Å². The van der Waals surface area contributed by atoms with E-state index in [9.17, 15) is 9.90 Å². The van der Waals surface area contributed by atoms with E-state index < -0.39 is 6.10 Å². The molecule has 1 saturated heterocycles. The number of hydrogen-bond donors (Lipinski definition) is 2. The molecular formula is C22H32N4O3S. The molecule has 0 bridgehead atoms. The van der Waals surface area contributed by atoms with Crippen LogP contribution in [0, 0.1) is 13.8 Å². The van der Waals surface area contributed by atoms with E-state index in [2.05, 4.69) is 47.2 Å². The molecule has 30 heavy (non-hydrogen) atoms. The van der Waals surface area contributed by atoms with Gasteiger partial charge < -0.3 is 20.1 Å². The van der Waals surface area contributed by atoms with Crippen LogP contribution in [0.1, 0.15) is 24.0 Å². The van der Waals surface area contributed by atoms with E-state index in [1.807, 2.05) is 10.8 Å². The summed E-state index contributed by atoms with van der Waals surface area (Å²) < 4.78 is 7.00. The number of aryl methyl sites for hydroxylation is 2. The number of methoxy groups -OCH3 is 1. The van der Waals surface area contributed by atoms with Crippen LogP contribution >= 0.6 is 11.8 Å². The molecule has 1 aromatic carbocycles. The number of piperidine rings is 1. The SMILES string of the molecule is COC[C@H](O)CN1CCC(NC(=O)CSc2nccn2-c2ccc(C)c(C)c2)CC1. The number of benzene rings is 1. The minimum atomic E-state index is -0.460. The van der Waals surface area contributed by atoms with Crippen molar-refractivity contribution in [1.29, 1.82) is 0 Å². The molecule has 2 aromatic rings. The molecule has 1 fully saturated rings. The summed E-state index contributed by atoms with van der Waals surface area (Å²) in [7, 11) is 1.59. The van der Waals surface area contributed by atoms with Gasteiger partial charge in [0.15, 0.2) is 5.16 Å². The molecule has 1 aliphatic rings. The predicted octanol–water partition coefficient (Wildman–Crippen LogP) is 2.17. The van der Waals surface area contributed by atoms with Crippen molar-refractivity contribution in [3.8, 4) is 5.69 Å². The average molecular weight is 433 g/mol. The summed E-state index contributed by atoms with van der Waals surface area (Å²) in [6.45, 7) is 6.91. The maximum Gasteiger partial charge on any atom is 0.230 e. The highest BCUT2D eigenvalue weighted by Gasteiger charge is 2.22. The number of rotatable bonds is 9. The Bertz CT molecular complexity index is 834. The van der Waals surface area contributed by atoms with Crippen LogP contribution in [-0.4, -0.2) is 76.7 Å². The number of hydrogen-bond acceptors (Lipinski definition) is 6. The zero-order valence-corrected chi connectivity index (χ0v) is 18.8. The van der Waals surface area contributed by atoms with Crippen LogP contribution in [0.4, 0.5) is 0 Å². The van der Waals surface area contributed by atoms with Crippen molar-refractivity contribution in [2.45, 2.75) is 44.0 Å². The molecule has 0 radical (unpaired) electrons. The Morgan fingerprint density at radius 1 is 1.33 bits per heavy atom. The van der Waals surface area contributed by atoms with Gasteiger partial charge in [-0.1, -0.05) is 17.8 Å². The highest BCUT2D eigenvalue weighted by Crippen LogP contribution is 2.22. The van der Waals surface area contributed by atoms with Gasteiger partial charge in [-0.15, -0.1) is 0 Å². The lowest BCUT2D eigenvalue weighted by atomic mass is 10.0. The summed E-state index contributed by atoms with van der Waals surface area (Å²) in [6, 6.07) is 6.50. The third kappa shape index (κ3) is 6.31. The molecule has 1 aromatic heterocycles. The quantitative estimate of drug-likeness (QED) is 0.591. The summed E-state index contributed by atoms with van der Waals surface area (Å²) in [5.74, 6) is 0.377. The van der Waals surface area contributed by atoms with E-state index in [1.165, 1.54) is 22.9 Å². The lowest BCUT2D eigenvalue weighted by molar-refractivity contribution is -0.119. The van der Waals surface area contributed by atoms with Crippen molar-refractivity contribution in [2.24, 2.45) is 0 Å². The molecule has 7 nitrogen and oxygen atoms in total. The van der Waals surface area contributed by atoms with Crippen molar-refractivity contribution < 1.29 is 14.6 Å². The molecule has 8 heteroatoms. The largest absolute Gasteiger partial charge is 0.389 e.